The molecule has 0 aliphatic heterocycles. The lowest BCUT2D eigenvalue weighted by atomic mass is 10.3. The molecule has 2 aromatic rings. The second-order valence-corrected chi connectivity index (χ2v) is 9.36. The zero-order valence-corrected chi connectivity index (χ0v) is 21.5. The van der Waals surface area contributed by atoms with Gasteiger partial charge in [0, 0.05) is 50.8 Å². The second-order valence-electron chi connectivity index (χ2n) is 5.24. The number of nitrogens with zero attached hydrogens (tertiary/aromatic N) is 6. The summed E-state index contributed by atoms with van der Waals surface area (Å²) in [6.07, 6.45) is 3.26. The minimum absolute atomic E-state index is 0.219. The van der Waals surface area contributed by atoms with Gasteiger partial charge in [-0.15, -0.1) is 0 Å². The molecule has 0 fully saturated rings. The zero-order chi connectivity index (χ0) is 24.6. The molecule has 0 aromatic carbocycles. The topological polar surface area (TPSA) is 201 Å². The number of hydrogen-bond donors (Lipinski definition) is 4. The van der Waals surface area contributed by atoms with E-state index in [1.165, 1.54) is 0 Å². The van der Waals surface area contributed by atoms with Crippen LogP contribution in [0, 0.1) is 0 Å². The van der Waals surface area contributed by atoms with Crippen molar-refractivity contribution < 1.29 is 9.59 Å². The summed E-state index contributed by atoms with van der Waals surface area (Å²) >= 11 is 22.5. The van der Waals surface area contributed by atoms with Crippen molar-refractivity contribution >= 4 is 78.4 Å². The average Bonchev–Trinajstić information content (AvgIpc) is 3.37. The molecule has 2 aromatic heterocycles. The number of nitrogens with one attached hydrogen (secondary N) is 3. The Morgan fingerprint density at radius 1 is 1.03 bits per heavy atom. The summed E-state index contributed by atoms with van der Waals surface area (Å²) in [6, 6.07) is 3.22. The minimum Gasteiger partial charge on any atom is -0.358 e. The summed E-state index contributed by atoms with van der Waals surface area (Å²) in [6.45, 7) is 1.42. The molecule has 12 nitrogen and oxygen atoms in total. The van der Waals surface area contributed by atoms with Crippen molar-refractivity contribution in [1.29, 1.82) is 0 Å². The largest absolute Gasteiger partial charge is 0.358 e. The van der Waals surface area contributed by atoms with E-state index in [0.29, 0.717) is 25.3 Å². The first kappa shape index (κ1) is 30.1. The first-order valence-corrected chi connectivity index (χ1v) is 11.1. The molecule has 0 radical (unpaired) electrons. The molecule has 0 atom stereocenters. The highest BCUT2D eigenvalue weighted by molar-refractivity contribution is 9.10. The Labute approximate surface area is 214 Å². The maximum atomic E-state index is 11.3. The number of azide groups is 2. The third-order valence-corrected chi connectivity index (χ3v) is 4.33. The van der Waals surface area contributed by atoms with Crippen LogP contribution in [-0.4, -0.2) is 51.6 Å². The molecule has 1 amide bonds. The van der Waals surface area contributed by atoms with Crippen molar-refractivity contribution in [2.24, 2.45) is 16.0 Å². The molecule has 2 rings (SSSR count). The molecule has 0 spiro atoms. The Balaban J connectivity index is 0.000000487. The van der Waals surface area contributed by atoms with E-state index in [9.17, 15) is 9.59 Å². The number of rotatable bonds is 7. The lowest BCUT2D eigenvalue weighted by molar-refractivity contribution is 0.0949. The molecule has 0 saturated carbocycles. The molecule has 17 heteroatoms. The van der Waals surface area contributed by atoms with Crippen LogP contribution in [0.25, 0.3) is 20.9 Å². The van der Waals surface area contributed by atoms with E-state index in [0.717, 1.165) is 8.95 Å². The standard InChI is InChI=1S/C7H8BrN5O.C6H3BrCl3NO.C2H6N4/c8-5-3-6(11-4-5)7(14)10-1-2-12-13-9;7-3-1-4(11-2-3)5(12)6(8,9)10;3-1-2-5-6-4/h3-4,11H,1-2H2,(H,10,14);1-2,11H;1-3H2. The number of H-pyrrole nitrogens is 2. The number of Topliss-reactive ketones (excluding diaryl/α,β-unsaturated/α-hetero) is 1. The van der Waals surface area contributed by atoms with Gasteiger partial charge in [-0.1, -0.05) is 45.0 Å². The van der Waals surface area contributed by atoms with E-state index in [2.05, 4.69) is 67.2 Å². The van der Waals surface area contributed by atoms with E-state index < -0.39 is 9.58 Å². The van der Waals surface area contributed by atoms with Crippen molar-refractivity contribution in [3.8, 4) is 0 Å². The van der Waals surface area contributed by atoms with Crippen LogP contribution >= 0.6 is 66.7 Å². The van der Waals surface area contributed by atoms with Crippen molar-refractivity contribution in [3.63, 3.8) is 0 Å². The Bertz CT molecular complexity index is 963. The summed E-state index contributed by atoms with van der Waals surface area (Å²) < 4.78 is -0.345. The van der Waals surface area contributed by atoms with Gasteiger partial charge in [-0.05, 0) is 61.6 Å². The van der Waals surface area contributed by atoms with E-state index in [1.54, 1.807) is 24.5 Å². The van der Waals surface area contributed by atoms with Crippen LogP contribution in [0.15, 0.2) is 43.7 Å². The molecule has 0 saturated heterocycles. The fourth-order valence-corrected chi connectivity index (χ4v) is 2.60. The smallest absolute Gasteiger partial charge is 0.267 e. The Hall–Kier alpha value is -1.89. The van der Waals surface area contributed by atoms with Crippen LogP contribution < -0.4 is 11.1 Å². The maximum Gasteiger partial charge on any atom is 0.267 e. The monoisotopic (exact) mass is 632 g/mol. The summed E-state index contributed by atoms with van der Waals surface area (Å²) in [5.41, 5.74) is 21.3. The van der Waals surface area contributed by atoms with Gasteiger partial charge in [-0.25, -0.2) is 0 Å². The Morgan fingerprint density at radius 3 is 1.91 bits per heavy atom. The SMILES string of the molecule is O=C(c1cc(Br)c[nH]1)C(Cl)(Cl)Cl.[N-]=[N+]=NCCN.[N-]=[N+]=NCCNC(=O)c1cc(Br)c[nH]1. The van der Waals surface area contributed by atoms with Gasteiger partial charge in [-0.3, -0.25) is 9.59 Å². The number of aromatic nitrogens is 2. The number of aromatic amines is 2. The number of ketones is 1. The predicted octanol–water partition coefficient (Wildman–Crippen LogP) is 5.40. The van der Waals surface area contributed by atoms with Crippen LogP contribution in [0.2, 0.25) is 0 Å². The van der Waals surface area contributed by atoms with Gasteiger partial charge in [0.2, 0.25) is 5.78 Å². The molecule has 0 aliphatic rings. The third kappa shape index (κ3) is 13.5. The molecule has 0 bridgehead atoms. The highest BCUT2D eigenvalue weighted by Crippen LogP contribution is 2.30. The Morgan fingerprint density at radius 2 is 1.53 bits per heavy atom. The average molecular weight is 636 g/mol. The number of alkyl halides is 3. The lowest BCUT2D eigenvalue weighted by Crippen LogP contribution is -2.26. The van der Waals surface area contributed by atoms with Gasteiger partial charge in [0.1, 0.15) is 5.69 Å². The van der Waals surface area contributed by atoms with Gasteiger partial charge < -0.3 is 21.0 Å². The lowest BCUT2D eigenvalue weighted by Gasteiger charge is -2.06. The number of amides is 1. The van der Waals surface area contributed by atoms with Gasteiger partial charge in [-0.2, -0.15) is 0 Å². The van der Waals surface area contributed by atoms with E-state index in [-0.39, 0.29) is 18.1 Å². The van der Waals surface area contributed by atoms with E-state index in [4.69, 9.17) is 51.6 Å². The van der Waals surface area contributed by atoms with Crippen LogP contribution in [0.4, 0.5) is 0 Å². The minimum atomic E-state index is -1.90. The number of halogens is 5. The van der Waals surface area contributed by atoms with Crippen molar-refractivity contribution in [3.05, 3.63) is 65.7 Å². The van der Waals surface area contributed by atoms with Crippen LogP contribution in [0.3, 0.4) is 0 Å². The predicted molar refractivity (Wildman–Crippen MR) is 131 cm³/mol. The van der Waals surface area contributed by atoms with Gasteiger partial charge >= 0.3 is 0 Å². The molecule has 0 unspecified atom stereocenters. The summed E-state index contributed by atoms with van der Waals surface area (Å²) in [5.74, 6) is -0.790. The van der Waals surface area contributed by atoms with Crippen molar-refractivity contribution in [1.82, 2.24) is 15.3 Å². The summed E-state index contributed by atoms with van der Waals surface area (Å²) in [5, 5.41) is 9.03. The fraction of sp³-hybridized carbons (Fsp3) is 0.333. The maximum absolute atomic E-state index is 11.3. The summed E-state index contributed by atoms with van der Waals surface area (Å²) in [7, 11) is 0. The first-order chi connectivity index (χ1) is 15.1. The van der Waals surface area contributed by atoms with E-state index >= 15 is 0 Å². The molecule has 174 valence electrons. The molecular formula is C15H17Br2Cl3N10O2. The van der Waals surface area contributed by atoms with Gasteiger partial charge in [0.15, 0.2) is 0 Å². The molecule has 2 heterocycles. The van der Waals surface area contributed by atoms with Crippen molar-refractivity contribution in [2.45, 2.75) is 3.79 Å². The van der Waals surface area contributed by atoms with Crippen LogP contribution in [-0.2, 0) is 0 Å². The highest BCUT2D eigenvalue weighted by Gasteiger charge is 2.32. The fourth-order valence-electron chi connectivity index (χ4n) is 1.61. The molecular weight excluding hydrogens is 618 g/mol. The van der Waals surface area contributed by atoms with Crippen molar-refractivity contribution in [2.75, 3.05) is 26.2 Å². The van der Waals surface area contributed by atoms with E-state index in [1.807, 2.05) is 0 Å². The number of nitrogens with two attached hydrogens (primary N) is 1. The summed E-state index contributed by atoms with van der Waals surface area (Å²) in [4.78, 5) is 33.0. The second kappa shape index (κ2) is 16.7. The molecule has 5 N–H and O–H groups in total. The first-order valence-electron chi connectivity index (χ1n) is 8.36. The molecule has 0 aliphatic carbocycles. The number of hydrogen-bond acceptors (Lipinski definition) is 5. The third-order valence-electron chi connectivity index (χ3n) is 2.90. The van der Waals surface area contributed by atoms with Gasteiger partial charge in [0.05, 0.1) is 5.69 Å². The number of carbonyl (C=O) groups is 2. The Kier molecular flexibility index (Phi) is 15.7. The quantitative estimate of drug-likeness (QED) is 0.0789. The van der Waals surface area contributed by atoms with Crippen LogP contribution in [0.1, 0.15) is 21.0 Å². The van der Waals surface area contributed by atoms with Gasteiger partial charge in [0.25, 0.3) is 9.70 Å². The van der Waals surface area contributed by atoms with Crippen LogP contribution in [0.5, 0.6) is 0 Å². The highest BCUT2D eigenvalue weighted by atomic mass is 79.9. The molecule has 32 heavy (non-hydrogen) atoms. The zero-order valence-electron chi connectivity index (χ0n) is 16.1. The number of carbonyl (C=O) groups excluding carboxylic acids is 2. The normalized spacial score (nSPS) is 9.69.